The molecule has 0 aliphatic rings. The average Bonchev–Trinajstić information content (AvgIpc) is 2.99. The summed E-state index contributed by atoms with van der Waals surface area (Å²) in [5.41, 5.74) is 1.66. The molecule has 25 heavy (non-hydrogen) atoms. The molecule has 0 fully saturated rings. The van der Waals surface area contributed by atoms with Gasteiger partial charge in [0, 0.05) is 37.7 Å². The average molecular weight is 427 g/mol. The second-order valence-corrected chi connectivity index (χ2v) is 6.16. The van der Waals surface area contributed by atoms with Gasteiger partial charge in [0.1, 0.15) is 5.01 Å². The van der Waals surface area contributed by atoms with Crippen LogP contribution in [0, 0.1) is 0 Å². The minimum atomic E-state index is -0.0328. The largest absolute Gasteiger partial charge is 0.383 e. The summed E-state index contributed by atoms with van der Waals surface area (Å²) in [6.45, 7) is 2.75. The third kappa shape index (κ3) is 8.35. The molecule has 9 heteroatoms. The molecule has 0 atom stereocenters. The molecule has 140 valence electrons. The highest BCUT2D eigenvalue weighted by Gasteiger charge is 2.10. The Labute approximate surface area is 169 Å². The Balaban J connectivity index is 0.00000288. The first-order valence-corrected chi connectivity index (χ1v) is 8.62. The number of benzene rings is 1. The molecule has 0 unspecified atom stereocenters. The van der Waals surface area contributed by atoms with Crippen molar-refractivity contribution in [3.63, 3.8) is 0 Å². The van der Waals surface area contributed by atoms with E-state index in [1.165, 1.54) is 11.3 Å². The van der Waals surface area contributed by atoms with Gasteiger partial charge in [-0.05, 0) is 6.07 Å². The van der Waals surface area contributed by atoms with E-state index in [1.54, 1.807) is 7.11 Å². The number of carbonyl (C=O) groups is 1. The molecule has 1 heterocycles. The lowest BCUT2D eigenvalue weighted by atomic mass is 10.2. The van der Waals surface area contributed by atoms with E-state index in [4.69, 9.17) is 16.3 Å². The van der Waals surface area contributed by atoms with E-state index >= 15 is 0 Å². The summed E-state index contributed by atoms with van der Waals surface area (Å²) in [4.78, 5) is 16.4. The van der Waals surface area contributed by atoms with Crippen molar-refractivity contribution in [3.05, 3.63) is 40.4 Å². The van der Waals surface area contributed by atoms with E-state index in [-0.39, 0.29) is 37.1 Å². The van der Waals surface area contributed by atoms with Crippen LogP contribution in [0.25, 0.3) is 10.6 Å². The summed E-state index contributed by atoms with van der Waals surface area (Å²) in [5.74, 6) is -0.0328. The van der Waals surface area contributed by atoms with Crippen molar-refractivity contribution in [1.82, 2.24) is 15.6 Å². The number of halogens is 3. The molecule has 2 aromatic rings. The van der Waals surface area contributed by atoms with Crippen molar-refractivity contribution in [3.8, 4) is 10.6 Å². The van der Waals surface area contributed by atoms with Gasteiger partial charge in [-0.1, -0.05) is 29.8 Å². The fourth-order valence-corrected chi connectivity index (χ4v) is 3.10. The molecule has 1 aromatic heterocycles. The van der Waals surface area contributed by atoms with Crippen LogP contribution < -0.4 is 10.6 Å². The number of aromatic nitrogens is 1. The summed E-state index contributed by atoms with van der Waals surface area (Å²) in [5, 5.41) is 9.43. The van der Waals surface area contributed by atoms with Gasteiger partial charge < -0.3 is 15.4 Å². The van der Waals surface area contributed by atoms with Gasteiger partial charge in [0.15, 0.2) is 0 Å². The highest BCUT2D eigenvalue weighted by molar-refractivity contribution is 7.13. The SMILES string of the molecule is COCCNCCNC(=O)Cc1csc(-c2ccccc2Cl)n1.Cl.Cl. The van der Waals surface area contributed by atoms with Crippen LogP contribution in [0.3, 0.4) is 0 Å². The number of hydrogen-bond donors (Lipinski definition) is 2. The number of thiazole rings is 1. The van der Waals surface area contributed by atoms with E-state index in [0.717, 1.165) is 29.4 Å². The second kappa shape index (κ2) is 13.3. The number of nitrogens with zero attached hydrogens (tertiary/aromatic N) is 1. The summed E-state index contributed by atoms with van der Waals surface area (Å²) < 4.78 is 4.93. The van der Waals surface area contributed by atoms with Gasteiger partial charge in [-0.2, -0.15) is 0 Å². The third-order valence-corrected chi connectivity index (χ3v) is 4.36. The lowest BCUT2D eigenvalue weighted by molar-refractivity contribution is -0.120. The monoisotopic (exact) mass is 425 g/mol. The van der Waals surface area contributed by atoms with Crippen molar-refractivity contribution in [2.45, 2.75) is 6.42 Å². The molecule has 0 saturated carbocycles. The molecule has 0 aliphatic carbocycles. The van der Waals surface area contributed by atoms with Crippen LogP contribution in [0.5, 0.6) is 0 Å². The van der Waals surface area contributed by atoms with Crippen molar-refractivity contribution in [2.24, 2.45) is 0 Å². The molecule has 1 aromatic carbocycles. The van der Waals surface area contributed by atoms with E-state index in [0.29, 0.717) is 18.2 Å². The van der Waals surface area contributed by atoms with Gasteiger partial charge in [-0.25, -0.2) is 4.98 Å². The molecule has 2 N–H and O–H groups in total. The first-order valence-electron chi connectivity index (χ1n) is 7.36. The molecular weight excluding hydrogens is 405 g/mol. The zero-order valence-corrected chi connectivity index (χ0v) is 17.0. The summed E-state index contributed by atoms with van der Waals surface area (Å²) in [6.07, 6.45) is 0.277. The van der Waals surface area contributed by atoms with Crippen LogP contribution in [0.2, 0.25) is 5.02 Å². The summed E-state index contributed by atoms with van der Waals surface area (Å²) in [6, 6.07) is 7.57. The molecule has 0 radical (unpaired) electrons. The Hall–Kier alpha value is -0.890. The molecule has 5 nitrogen and oxygen atoms in total. The van der Waals surface area contributed by atoms with Crippen LogP contribution >= 0.6 is 47.8 Å². The Morgan fingerprint density at radius 1 is 1.24 bits per heavy atom. The van der Waals surface area contributed by atoms with E-state index in [2.05, 4.69) is 15.6 Å². The number of methoxy groups -OCH3 is 1. The predicted molar refractivity (Wildman–Crippen MR) is 109 cm³/mol. The maximum Gasteiger partial charge on any atom is 0.226 e. The Morgan fingerprint density at radius 2 is 2.00 bits per heavy atom. The lowest BCUT2D eigenvalue weighted by Crippen LogP contribution is -2.33. The van der Waals surface area contributed by atoms with Crippen molar-refractivity contribution in [2.75, 3.05) is 33.4 Å². The normalized spacial score (nSPS) is 9.84. The van der Waals surface area contributed by atoms with Crippen LogP contribution in [0.1, 0.15) is 5.69 Å². The Morgan fingerprint density at radius 3 is 2.72 bits per heavy atom. The van der Waals surface area contributed by atoms with Gasteiger partial charge in [0.05, 0.1) is 23.7 Å². The van der Waals surface area contributed by atoms with Gasteiger partial charge in [-0.15, -0.1) is 36.2 Å². The number of carbonyl (C=O) groups excluding carboxylic acids is 1. The number of rotatable bonds is 9. The number of ether oxygens (including phenoxy) is 1. The van der Waals surface area contributed by atoms with Crippen molar-refractivity contribution in [1.29, 1.82) is 0 Å². The number of amides is 1. The molecular formula is C16H22Cl3N3O2S. The number of hydrogen-bond acceptors (Lipinski definition) is 5. The Kier molecular flexibility index (Phi) is 12.9. The smallest absolute Gasteiger partial charge is 0.226 e. The zero-order chi connectivity index (χ0) is 16.5. The van der Waals surface area contributed by atoms with Gasteiger partial charge in [0.25, 0.3) is 0 Å². The predicted octanol–water partition coefficient (Wildman–Crippen LogP) is 3.20. The first kappa shape index (κ1) is 24.1. The maximum absolute atomic E-state index is 11.9. The third-order valence-electron chi connectivity index (χ3n) is 3.10. The summed E-state index contributed by atoms with van der Waals surface area (Å²) >= 11 is 7.66. The van der Waals surface area contributed by atoms with E-state index in [1.807, 2.05) is 29.6 Å². The fraction of sp³-hybridized carbons (Fsp3) is 0.375. The Bertz CT molecular complexity index is 641. The molecule has 0 bridgehead atoms. The van der Waals surface area contributed by atoms with Crippen LogP contribution in [-0.2, 0) is 16.0 Å². The molecule has 2 rings (SSSR count). The van der Waals surface area contributed by atoms with Gasteiger partial charge >= 0.3 is 0 Å². The molecule has 0 aliphatic heterocycles. The lowest BCUT2D eigenvalue weighted by Gasteiger charge is -2.05. The van der Waals surface area contributed by atoms with Crippen molar-refractivity contribution >= 4 is 53.7 Å². The van der Waals surface area contributed by atoms with Crippen LogP contribution in [0.4, 0.5) is 0 Å². The van der Waals surface area contributed by atoms with Crippen molar-refractivity contribution < 1.29 is 9.53 Å². The second-order valence-electron chi connectivity index (χ2n) is 4.89. The maximum atomic E-state index is 11.9. The fourth-order valence-electron chi connectivity index (χ4n) is 1.96. The van der Waals surface area contributed by atoms with Crippen LogP contribution in [-0.4, -0.2) is 44.2 Å². The topological polar surface area (TPSA) is 63.2 Å². The van der Waals surface area contributed by atoms with E-state index < -0.39 is 0 Å². The zero-order valence-electron chi connectivity index (χ0n) is 13.8. The quantitative estimate of drug-likeness (QED) is 0.604. The van der Waals surface area contributed by atoms with Gasteiger partial charge in [0.2, 0.25) is 5.91 Å². The standard InChI is InChI=1S/C16H20ClN3O2S.2ClH/c1-22-9-8-18-6-7-19-15(21)10-12-11-23-16(20-12)13-4-2-3-5-14(13)17;;/h2-5,11,18H,6-10H2,1H3,(H,19,21);2*1H. The first-order chi connectivity index (χ1) is 11.2. The minimum Gasteiger partial charge on any atom is -0.383 e. The highest BCUT2D eigenvalue weighted by atomic mass is 35.5. The minimum absolute atomic E-state index is 0. The summed E-state index contributed by atoms with van der Waals surface area (Å²) in [7, 11) is 1.66. The van der Waals surface area contributed by atoms with Gasteiger partial charge in [-0.3, -0.25) is 4.79 Å². The molecule has 1 amide bonds. The molecule has 0 spiro atoms. The van der Waals surface area contributed by atoms with Crippen LogP contribution in [0.15, 0.2) is 29.6 Å². The molecule has 0 saturated heterocycles. The number of nitrogens with one attached hydrogen (secondary N) is 2. The van der Waals surface area contributed by atoms with E-state index in [9.17, 15) is 4.79 Å². The highest BCUT2D eigenvalue weighted by Crippen LogP contribution is 2.30.